The van der Waals surface area contributed by atoms with Gasteiger partial charge in [0.15, 0.2) is 0 Å². The van der Waals surface area contributed by atoms with E-state index in [-0.39, 0.29) is 0 Å². The minimum absolute atomic E-state index is 0.677. The molecule has 1 heterocycles. The summed E-state index contributed by atoms with van der Waals surface area (Å²) < 4.78 is 0. The lowest BCUT2D eigenvalue weighted by Gasteiger charge is -2.15. The predicted octanol–water partition coefficient (Wildman–Crippen LogP) is 2.71. The van der Waals surface area contributed by atoms with Crippen LogP contribution in [-0.4, -0.2) is 12.8 Å². The molecule has 0 fully saturated rings. The third-order valence-corrected chi connectivity index (χ3v) is 2.52. The Morgan fingerprint density at radius 2 is 2.08 bits per heavy atom. The van der Waals surface area contributed by atoms with Crippen LogP contribution < -0.4 is 0 Å². The van der Waals surface area contributed by atoms with Crippen molar-refractivity contribution in [2.75, 3.05) is 6.54 Å². The van der Waals surface area contributed by atoms with Crippen LogP contribution in [0.3, 0.4) is 0 Å². The van der Waals surface area contributed by atoms with Crippen molar-refractivity contribution >= 4 is 6.21 Å². The highest BCUT2D eigenvalue weighted by Gasteiger charge is 2.09. The molecule has 1 aliphatic heterocycles. The Morgan fingerprint density at radius 3 is 2.77 bits per heavy atom. The third-order valence-electron chi connectivity index (χ3n) is 2.52. The molecular formula is C12H15N. The van der Waals surface area contributed by atoms with Gasteiger partial charge in [0.2, 0.25) is 0 Å². The molecule has 0 aromatic heterocycles. The minimum Gasteiger partial charge on any atom is -0.297 e. The van der Waals surface area contributed by atoms with Gasteiger partial charge >= 0.3 is 0 Å². The Hall–Kier alpha value is -1.11. The van der Waals surface area contributed by atoms with E-state index in [1.165, 1.54) is 18.4 Å². The van der Waals surface area contributed by atoms with Gasteiger partial charge in [0.1, 0.15) is 0 Å². The lowest BCUT2D eigenvalue weighted by molar-refractivity contribution is 0.577. The first kappa shape index (κ1) is 8.49. The molecule has 2 rings (SSSR count). The average molecular weight is 173 g/mol. The Kier molecular flexibility index (Phi) is 2.75. The average Bonchev–Trinajstić information content (AvgIpc) is 2.21. The summed E-state index contributed by atoms with van der Waals surface area (Å²) in [5.41, 5.74) is 1.43. The maximum atomic E-state index is 4.33. The summed E-state index contributed by atoms with van der Waals surface area (Å²) in [5.74, 6) is 0.677. The molecule has 0 saturated heterocycles. The maximum Gasteiger partial charge on any atom is 0.0385 e. The van der Waals surface area contributed by atoms with Crippen molar-refractivity contribution in [1.29, 1.82) is 0 Å². The van der Waals surface area contributed by atoms with Gasteiger partial charge < -0.3 is 0 Å². The van der Waals surface area contributed by atoms with Crippen molar-refractivity contribution in [1.82, 2.24) is 0 Å². The molecule has 1 nitrogen and oxygen atoms in total. The Balaban J connectivity index is 1.98. The van der Waals surface area contributed by atoms with Crippen molar-refractivity contribution < 1.29 is 0 Å². The molecule has 0 bridgehead atoms. The highest BCUT2D eigenvalue weighted by molar-refractivity contribution is 5.62. The SMILES string of the molecule is C1=NCCCC1Cc1ccccc1. The smallest absolute Gasteiger partial charge is 0.0385 e. The molecule has 68 valence electrons. The van der Waals surface area contributed by atoms with Crippen LogP contribution in [0.5, 0.6) is 0 Å². The Bertz CT molecular complexity index is 276. The van der Waals surface area contributed by atoms with E-state index < -0.39 is 0 Å². The molecule has 1 aromatic carbocycles. The minimum atomic E-state index is 0.677. The molecule has 1 heteroatoms. The zero-order chi connectivity index (χ0) is 8.93. The quantitative estimate of drug-likeness (QED) is 0.652. The molecule has 1 aromatic rings. The molecule has 0 saturated carbocycles. The van der Waals surface area contributed by atoms with E-state index >= 15 is 0 Å². The van der Waals surface area contributed by atoms with Crippen LogP contribution in [0.2, 0.25) is 0 Å². The summed E-state index contributed by atoms with van der Waals surface area (Å²) in [5, 5.41) is 0. The first-order chi connectivity index (χ1) is 6.45. The summed E-state index contributed by atoms with van der Waals surface area (Å²) >= 11 is 0. The van der Waals surface area contributed by atoms with Gasteiger partial charge in [-0.05, 0) is 30.7 Å². The van der Waals surface area contributed by atoms with E-state index in [4.69, 9.17) is 0 Å². The van der Waals surface area contributed by atoms with Crippen molar-refractivity contribution in [2.24, 2.45) is 10.9 Å². The number of hydrogen-bond donors (Lipinski definition) is 0. The van der Waals surface area contributed by atoms with Gasteiger partial charge in [0, 0.05) is 12.8 Å². The van der Waals surface area contributed by atoms with Crippen LogP contribution in [0, 0.1) is 5.92 Å². The van der Waals surface area contributed by atoms with Crippen LogP contribution in [0.15, 0.2) is 35.3 Å². The second-order valence-electron chi connectivity index (χ2n) is 3.65. The number of aliphatic imine (C=N–C) groups is 1. The summed E-state index contributed by atoms with van der Waals surface area (Å²) in [4.78, 5) is 4.33. The van der Waals surface area contributed by atoms with Crippen LogP contribution in [0.25, 0.3) is 0 Å². The van der Waals surface area contributed by atoms with Gasteiger partial charge in [-0.25, -0.2) is 0 Å². The normalized spacial score (nSPS) is 21.7. The molecule has 1 atom stereocenters. The van der Waals surface area contributed by atoms with Gasteiger partial charge in [-0.3, -0.25) is 4.99 Å². The largest absolute Gasteiger partial charge is 0.297 e. The number of benzene rings is 1. The van der Waals surface area contributed by atoms with E-state index in [0.29, 0.717) is 5.92 Å². The van der Waals surface area contributed by atoms with Crippen LogP contribution in [0.4, 0.5) is 0 Å². The fourth-order valence-corrected chi connectivity index (χ4v) is 1.81. The third kappa shape index (κ3) is 2.41. The van der Waals surface area contributed by atoms with Crippen molar-refractivity contribution in [3.63, 3.8) is 0 Å². The van der Waals surface area contributed by atoms with E-state index in [9.17, 15) is 0 Å². The monoisotopic (exact) mass is 173 g/mol. The van der Waals surface area contributed by atoms with E-state index in [1.54, 1.807) is 0 Å². The van der Waals surface area contributed by atoms with Crippen LogP contribution >= 0.6 is 0 Å². The lowest BCUT2D eigenvalue weighted by Crippen LogP contribution is -2.11. The van der Waals surface area contributed by atoms with Gasteiger partial charge in [0.25, 0.3) is 0 Å². The first-order valence-electron chi connectivity index (χ1n) is 4.99. The molecule has 0 aliphatic carbocycles. The summed E-state index contributed by atoms with van der Waals surface area (Å²) in [6.45, 7) is 1.03. The number of nitrogens with zero attached hydrogens (tertiary/aromatic N) is 1. The highest BCUT2D eigenvalue weighted by Crippen LogP contribution is 2.15. The molecule has 0 radical (unpaired) electrons. The summed E-state index contributed by atoms with van der Waals surface area (Å²) in [6, 6.07) is 10.7. The van der Waals surface area contributed by atoms with Crippen molar-refractivity contribution in [2.45, 2.75) is 19.3 Å². The van der Waals surface area contributed by atoms with Crippen LogP contribution in [0.1, 0.15) is 18.4 Å². The second kappa shape index (κ2) is 4.22. The van der Waals surface area contributed by atoms with Crippen LogP contribution in [-0.2, 0) is 6.42 Å². The molecule has 13 heavy (non-hydrogen) atoms. The maximum absolute atomic E-state index is 4.33. The van der Waals surface area contributed by atoms with Gasteiger partial charge in [-0.1, -0.05) is 30.3 Å². The molecule has 0 spiro atoms. The van der Waals surface area contributed by atoms with Gasteiger partial charge in [-0.2, -0.15) is 0 Å². The topological polar surface area (TPSA) is 12.4 Å². The van der Waals surface area contributed by atoms with E-state index in [1.807, 2.05) is 0 Å². The zero-order valence-corrected chi connectivity index (χ0v) is 7.82. The highest BCUT2D eigenvalue weighted by atomic mass is 14.7. The lowest BCUT2D eigenvalue weighted by atomic mass is 9.94. The number of hydrogen-bond acceptors (Lipinski definition) is 1. The molecule has 1 unspecified atom stereocenters. The summed E-state index contributed by atoms with van der Waals surface area (Å²) in [6.07, 6.45) is 5.85. The molecular weight excluding hydrogens is 158 g/mol. The van der Waals surface area contributed by atoms with Gasteiger partial charge in [-0.15, -0.1) is 0 Å². The Morgan fingerprint density at radius 1 is 1.23 bits per heavy atom. The molecule has 1 aliphatic rings. The molecule has 0 N–H and O–H groups in total. The molecule has 0 amide bonds. The fraction of sp³-hybridized carbons (Fsp3) is 0.417. The zero-order valence-electron chi connectivity index (χ0n) is 7.82. The summed E-state index contributed by atoms with van der Waals surface area (Å²) in [7, 11) is 0. The fourth-order valence-electron chi connectivity index (χ4n) is 1.81. The standard InChI is InChI=1S/C12H15N/c1-2-5-11(6-3-1)9-12-7-4-8-13-10-12/h1-3,5-6,10,12H,4,7-9H2. The number of rotatable bonds is 2. The van der Waals surface area contributed by atoms with E-state index in [0.717, 1.165) is 13.0 Å². The second-order valence-corrected chi connectivity index (χ2v) is 3.65. The first-order valence-corrected chi connectivity index (χ1v) is 4.99. The Labute approximate surface area is 79.5 Å². The van der Waals surface area contributed by atoms with Crippen molar-refractivity contribution in [3.8, 4) is 0 Å². The van der Waals surface area contributed by atoms with E-state index in [2.05, 4.69) is 41.5 Å². The van der Waals surface area contributed by atoms with Gasteiger partial charge in [0.05, 0.1) is 0 Å². The predicted molar refractivity (Wildman–Crippen MR) is 56.2 cm³/mol. The van der Waals surface area contributed by atoms with Crippen molar-refractivity contribution in [3.05, 3.63) is 35.9 Å².